The molecule has 17 heavy (non-hydrogen) atoms. The highest BCUT2D eigenvalue weighted by atomic mass is 79.9. The molecule has 0 spiro atoms. The minimum Gasteiger partial charge on any atom is -0.342 e. The summed E-state index contributed by atoms with van der Waals surface area (Å²) in [6.07, 6.45) is 2.29. The lowest BCUT2D eigenvalue weighted by Gasteiger charge is -2.29. The molecular weight excluding hydrogens is 285 g/mol. The Labute approximate surface area is 109 Å². The van der Waals surface area contributed by atoms with E-state index >= 15 is 0 Å². The third kappa shape index (κ3) is 3.53. The van der Waals surface area contributed by atoms with Crippen molar-refractivity contribution in [3.8, 4) is 0 Å². The van der Waals surface area contributed by atoms with Crippen molar-refractivity contribution in [2.45, 2.75) is 24.1 Å². The van der Waals surface area contributed by atoms with Crippen molar-refractivity contribution in [1.82, 2.24) is 4.90 Å². The Morgan fingerprint density at radius 2 is 2.12 bits per heavy atom. The number of piperidine rings is 1. The first kappa shape index (κ1) is 12.6. The van der Waals surface area contributed by atoms with Crippen LogP contribution in [0.2, 0.25) is 0 Å². The molecule has 1 saturated heterocycles. The van der Waals surface area contributed by atoms with Crippen molar-refractivity contribution in [2.75, 3.05) is 13.1 Å². The molecule has 1 aliphatic heterocycles. The van der Waals surface area contributed by atoms with Gasteiger partial charge in [-0.1, -0.05) is 28.1 Å². The van der Waals surface area contributed by atoms with Crippen LogP contribution in [0, 0.1) is 5.82 Å². The van der Waals surface area contributed by atoms with Crippen LogP contribution in [0.4, 0.5) is 4.39 Å². The van der Waals surface area contributed by atoms with Crippen molar-refractivity contribution in [1.29, 1.82) is 0 Å². The molecular formula is C13H15BrFNO. The van der Waals surface area contributed by atoms with Crippen molar-refractivity contribution < 1.29 is 9.18 Å². The lowest BCUT2D eigenvalue weighted by Crippen LogP contribution is -2.39. The molecule has 0 radical (unpaired) electrons. The molecule has 1 aromatic carbocycles. The fraction of sp³-hybridized carbons (Fsp3) is 0.462. The van der Waals surface area contributed by atoms with E-state index in [0.29, 0.717) is 11.2 Å². The topological polar surface area (TPSA) is 20.3 Å². The van der Waals surface area contributed by atoms with Gasteiger partial charge in [0.2, 0.25) is 5.91 Å². The minimum absolute atomic E-state index is 0.0926. The molecule has 1 fully saturated rings. The Kier molecular flexibility index (Phi) is 4.15. The highest BCUT2D eigenvalue weighted by molar-refractivity contribution is 9.09. The van der Waals surface area contributed by atoms with E-state index in [2.05, 4.69) is 15.9 Å². The Bertz CT molecular complexity index is 402. The van der Waals surface area contributed by atoms with Crippen molar-refractivity contribution in [3.63, 3.8) is 0 Å². The van der Waals surface area contributed by atoms with Gasteiger partial charge in [-0.2, -0.15) is 0 Å². The number of halogens is 2. The normalized spacial score (nSPS) is 17.2. The number of alkyl halides is 1. The summed E-state index contributed by atoms with van der Waals surface area (Å²) in [7, 11) is 0. The van der Waals surface area contributed by atoms with Crippen molar-refractivity contribution in [2.24, 2.45) is 0 Å². The summed E-state index contributed by atoms with van der Waals surface area (Å²) in [6, 6.07) is 6.25. The first-order valence-electron chi connectivity index (χ1n) is 5.81. The Morgan fingerprint density at radius 3 is 2.76 bits per heavy atom. The van der Waals surface area contributed by atoms with E-state index in [1.807, 2.05) is 4.90 Å². The summed E-state index contributed by atoms with van der Waals surface area (Å²) in [5, 5.41) is 0. The highest BCUT2D eigenvalue weighted by Crippen LogP contribution is 2.18. The van der Waals surface area contributed by atoms with Crippen LogP contribution in [0.5, 0.6) is 0 Å². The van der Waals surface area contributed by atoms with Crippen LogP contribution >= 0.6 is 15.9 Å². The van der Waals surface area contributed by atoms with E-state index in [1.54, 1.807) is 12.1 Å². The Balaban J connectivity index is 1.93. The van der Waals surface area contributed by atoms with Crippen LogP contribution in [-0.4, -0.2) is 28.7 Å². The maximum atomic E-state index is 13.0. The standard InChI is InChI=1S/C13H15BrFNO/c14-11-4-6-16(7-5-11)13(17)9-10-2-1-3-12(15)8-10/h1-3,8,11H,4-7,9H2. The summed E-state index contributed by atoms with van der Waals surface area (Å²) < 4.78 is 13.0. The smallest absolute Gasteiger partial charge is 0.226 e. The summed E-state index contributed by atoms with van der Waals surface area (Å²) in [5.74, 6) is -0.190. The van der Waals surface area contributed by atoms with E-state index in [1.165, 1.54) is 12.1 Å². The molecule has 0 saturated carbocycles. The molecule has 1 heterocycles. The number of nitrogens with zero attached hydrogens (tertiary/aromatic N) is 1. The summed E-state index contributed by atoms with van der Waals surface area (Å²) in [5.41, 5.74) is 0.746. The molecule has 0 unspecified atom stereocenters. The van der Waals surface area contributed by atoms with Gasteiger partial charge in [-0.3, -0.25) is 4.79 Å². The number of rotatable bonds is 2. The van der Waals surface area contributed by atoms with Crippen LogP contribution < -0.4 is 0 Å². The number of benzene rings is 1. The second kappa shape index (κ2) is 5.63. The fourth-order valence-corrected chi connectivity index (χ4v) is 2.44. The molecule has 2 rings (SSSR count). The van der Waals surface area contributed by atoms with Gasteiger partial charge in [0.15, 0.2) is 0 Å². The van der Waals surface area contributed by atoms with E-state index in [0.717, 1.165) is 31.5 Å². The van der Waals surface area contributed by atoms with Crippen LogP contribution in [-0.2, 0) is 11.2 Å². The van der Waals surface area contributed by atoms with Gasteiger partial charge in [-0.15, -0.1) is 0 Å². The number of carbonyl (C=O) groups excluding carboxylic acids is 1. The molecule has 4 heteroatoms. The quantitative estimate of drug-likeness (QED) is 0.769. The maximum Gasteiger partial charge on any atom is 0.226 e. The third-order valence-corrected chi connectivity index (χ3v) is 3.94. The van der Waals surface area contributed by atoms with E-state index in [4.69, 9.17) is 0 Å². The largest absolute Gasteiger partial charge is 0.342 e. The predicted molar refractivity (Wildman–Crippen MR) is 68.6 cm³/mol. The van der Waals surface area contributed by atoms with Crippen LogP contribution in [0.1, 0.15) is 18.4 Å². The lowest BCUT2D eigenvalue weighted by atomic mass is 10.1. The van der Waals surface area contributed by atoms with Gasteiger partial charge in [-0.05, 0) is 30.5 Å². The van der Waals surface area contributed by atoms with Gasteiger partial charge >= 0.3 is 0 Å². The van der Waals surface area contributed by atoms with Crippen LogP contribution in [0.25, 0.3) is 0 Å². The average molecular weight is 300 g/mol. The molecule has 0 N–H and O–H groups in total. The predicted octanol–water partition coefficient (Wildman–Crippen LogP) is 2.75. The van der Waals surface area contributed by atoms with Gasteiger partial charge in [0.1, 0.15) is 5.82 Å². The van der Waals surface area contributed by atoms with Crippen LogP contribution in [0.3, 0.4) is 0 Å². The molecule has 1 aliphatic rings. The molecule has 1 amide bonds. The van der Waals surface area contributed by atoms with Crippen LogP contribution in [0.15, 0.2) is 24.3 Å². The zero-order valence-corrected chi connectivity index (χ0v) is 11.1. The first-order valence-corrected chi connectivity index (χ1v) is 6.73. The number of hydrogen-bond donors (Lipinski definition) is 0. The van der Waals surface area contributed by atoms with Crippen molar-refractivity contribution >= 4 is 21.8 Å². The summed E-state index contributed by atoms with van der Waals surface area (Å²) >= 11 is 3.55. The molecule has 0 aromatic heterocycles. The highest BCUT2D eigenvalue weighted by Gasteiger charge is 2.20. The van der Waals surface area contributed by atoms with Gasteiger partial charge in [0.25, 0.3) is 0 Å². The first-order chi connectivity index (χ1) is 8.15. The van der Waals surface area contributed by atoms with E-state index in [-0.39, 0.29) is 11.7 Å². The fourth-order valence-electron chi connectivity index (χ4n) is 2.03. The monoisotopic (exact) mass is 299 g/mol. The van der Waals surface area contributed by atoms with Gasteiger partial charge in [0, 0.05) is 17.9 Å². The molecule has 1 aromatic rings. The molecule has 0 aliphatic carbocycles. The number of amides is 1. The summed E-state index contributed by atoms with van der Waals surface area (Å²) in [4.78, 5) is 14.4. The van der Waals surface area contributed by atoms with E-state index < -0.39 is 0 Å². The lowest BCUT2D eigenvalue weighted by molar-refractivity contribution is -0.131. The molecule has 0 bridgehead atoms. The Hall–Kier alpha value is -0.900. The van der Waals surface area contributed by atoms with E-state index in [9.17, 15) is 9.18 Å². The van der Waals surface area contributed by atoms with Gasteiger partial charge in [-0.25, -0.2) is 4.39 Å². The SMILES string of the molecule is O=C(Cc1cccc(F)c1)N1CCC(Br)CC1. The second-order valence-electron chi connectivity index (χ2n) is 4.36. The molecule has 92 valence electrons. The average Bonchev–Trinajstić information content (AvgIpc) is 2.29. The van der Waals surface area contributed by atoms with Gasteiger partial charge < -0.3 is 4.90 Å². The summed E-state index contributed by atoms with van der Waals surface area (Å²) in [6.45, 7) is 1.59. The number of hydrogen-bond acceptors (Lipinski definition) is 1. The second-order valence-corrected chi connectivity index (χ2v) is 5.66. The zero-order valence-electron chi connectivity index (χ0n) is 9.53. The Morgan fingerprint density at radius 1 is 1.41 bits per heavy atom. The molecule has 0 atom stereocenters. The number of likely N-dealkylation sites (tertiary alicyclic amines) is 1. The third-order valence-electron chi connectivity index (χ3n) is 3.02. The van der Waals surface area contributed by atoms with Crippen molar-refractivity contribution in [3.05, 3.63) is 35.6 Å². The van der Waals surface area contributed by atoms with Gasteiger partial charge in [0.05, 0.1) is 6.42 Å². The zero-order chi connectivity index (χ0) is 12.3. The maximum absolute atomic E-state index is 13.0. The minimum atomic E-state index is -0.283. The molecule has 2 nitrogen and oxygen atoms in total. The number of carbonyl (C=O) groups is 1.